The lowest BCUT2D eigenvalue weighted by atomic mass is 9.95. The van der Waals surface area contributed by atoms with Crippen LogP contribution in [0.2, 0.25) is 0 Å². The van der Waals surface area contributed by atoms with Gasteiger partial charge in [0, 0.05) is 61.2 Å². The lowest BCUT2D eigenvalue weighted by Gasteiger charge is -2.26. The summed E-state index contributed by atoms with van der Waals surface area (Å²) >= 11 is 4.90. The number of aromatic amines is 3. The van der Waals surface area contributed by atoms with Gasteiger partial charge in [-0.15, -0.1) is 0 Å². The Kier molecular flexibility index (Phi) is 3.60. The second-order valence-corrected chi connectivity index (χ2v) is 5.81. The van der Waals surface area contributed by atoms with Gasteiger partial charge in [-0.3, -0.25) is 0 Å². The molecule has 3 N–H and O–H groups in total. The van der Waals surface area contributed by atoms with Crippen molar-refractivity contribution in [3.05, 3.63) is 54.7 Å². The van der Waals surface area contributed by atoms with E-state index >= 15 is 0 Å². The molecular weight excluding hydrogens is 272 g/mol. The molecule has 0 unspecified atom stereocenters. The maximum Gasteiger partial charge on any atom is 0.107 e. The third-order valence-electron chi connectivity index (χ3n) is 3.15. The zero-order chi connectivity index (χ0) is 13.8. The summed E-state index contributed by atoms with van der Waals surface area (Å²) in [4.78, 5) is 22.3. The van der Waals surface area contributed by atoms with Gasteiger partial charge in [-0.2, -0.15) is 12.6 Å². The monoisotopic (exact) mass is 288 g/mol. The predicted octanol–water partition coefficient (Wildman–Crippen LogP) is 1.55. The number of H-pyrrole nitrogens is 3. The first-order chi connectivity index (χ1) is 9.73. The van der Waals surface area contributed by atoms with Crippen molar-refractivity contribution in [2.75, 3.05) is 0 Å². The molecule has 0 radical (unpaired) electrons. The normalized spacial score (nSPS) is 11.8. The Labute approximate surface area is 121 Å². The van der Waals surface area contributed by atoms with E-state index in [1.54, 1.807) is 18.6 Å². The van der Waals surface area contributed by atoms with Gasteiger partial charge in [0.05, 0.1) is 0 Å². The van der Waals surface area contributed by atoms with Crippen molar-refractivity contribution >= 4 is 12.6 Å². The van der Waals surface area contributed by atoms with Crippen molar-refractivity contribution < 1.29 is 0 Å². The number of thiol groups is 1. The molecule has 0 aliphatic rings. The van der Waals surface area contributed by atoms with Crippen LogP contribution in [-0.2, 0) is 19.3 Å². The highest BCUT2D eigenvalue weighted by atomic mass is 32.1. The Morgan fingerprint density at radius 3 is 1.35 bits per heavy atom. The Hall–Kier alpha value is -2.02. The number of hydrogen-bond donors (Lipinski definition) is 4. The molecule has 3 aromatic rings. The van der Waals surface area contributed by atoms with Crippen LogP contribution in [-0.4, -0.2) is 34.7 Å². The summed E-state index contributed by atoms with van der Waals surface area (Å²) in [6.07, 6.45) is 12.9. The minimum absolute atomic E-state index is 0.312. The predicted molar refractivity (Wildman–Crippen MR) is 78.6 cm³/mol. The standard InChI is InChI=1S/C13H16N6S/c20-13(7-10-14-1-2-15-10,8-11-16-3-4-17-11)9-12-18-5-6-19-12/h1-6,20H,7-9H2,(H,14,15)(H,16,17)(H,18,19). The molecule has 7 heteroatoms. The fourth-order valence-electron chi connectivity index (χ4n) is 2.31. The number of nitrogens with one attached hydrogen (secondary N) is 3. The average molecular weight is 288 g/mol. The number of imidazole rings is 3. The quantitative estimate of drug-likeness (QED) is 0.519. The molecule has 0 saturated heterocycles. The van der Waals surface area contributed by atoms with Crippen LogP contribution in [0.4, 0.5) is 0 Å². The average Bonchev–Trinajstić information content (AvgIpc) is 3.11. The molecule has 3 rings (SSSR count). The van der Waals surface area contributed by atoms with Gasteiger partial charge >= 0.3 is 0 Å². The topological polar surface area (TPSA) is 86.0 Å². The van der Waals surface area contributed by atoms with Gasteiger partial charge in [0.1, 0.15) is 17.5 Å². The number of aromatic nitrogens is 6. The molecule has 0 amide bonds. The molecule has 0 saturated carbocycles. The SMILES string of the molecule is SC(Cc1ncc[nH]1)(Cc1ncc[nH]1)Cc1ncc[nH]1. The van der Waals surface area contributed by atoms with Gasteiger partial charge in [-0.1, -0.05) is 0 Å². The van der Waals surface area contributed by atoms with E-state index in [9.17, 15) is 0 Å². The van der Waals surface area contributed by atoms with Gasteiger partial charge in [-0.05, 0) is 0 Å². The van der Waals surface area contributed by atoms with E-state index < -0.39 is 0 Å². The minimum Gasteiger partial charge on any atom is -0.349 e. The maximum absolute atomic E-state index is 4.90. The van der Waals surface area contributed by atoms with E-state index in [0.717, 1.165) is 17.5 Å². The summed E-state index contributed by atoms with van der Waals surface area (Å²) in [5.74, 6) is 2.74. The van der Waals surface area contributed by atoms with Crippen molar-refractivity contribution in [1.29, 1.82) is 0 Å². The molecule has 104 valence electrons. The van der Waals surface area contributed by atoms with Crippen LogP contribution in [0.25, 0.3) is 0 Å². The molecule has 0 aliphatic carbocycles. The molecule has 0 aromatic carbocycles. The lowest BCUT2D eigenvalue weighted by molar-refractivity contribution is 0.542. The first kappa shape index (κ1) is 13.0. The molecule has 0 fully saturated rings. The molecule has 0 aliphatic heterocycles. The molecule has 0 atom stereocenters. The first-order valence-corrected chi connectivity index (χ1v) is 6.85. The highest BCUT2D eigenvalue weighted by Gasteiger charge is 2.30. The number of rotatable bonds is 6. The lowest BCUT2D eigenvalue weighted by Crippen LogP contribution is -2.32. The minimum atomic E-state index is -0.312. The van der Waals surface area contributed by atoms with E-state index in [2.05, 4.69) is 29.9 Å². The zero-order valence-corrected chi connectivity index (χ0v) is 11.8. The van der Waals surface area contributed by atoms with Crippen molar-refractivity contribution in [3.63, 3.8) is 0 Å². The Morgan fingerprint density at radius 2 is 1.10 bits per heavy atom. The van der Waals surface area contributed by atoms with Crippen LogP contribution in [0.5, 0.6) is 0 Å². The van der Waals surface area contributed by atoms with Crippen molar-refractivity contribution in [1.82, 2.24) is 29.9 Å². The largest absolute Gasteiger partial charge is 0.349 e. The number of nitrogens with zero attached hydrogens (tertiary/aromatic N) is 3. The van der Waals surface area contributed by atoms with Crippen molar-refractivity contribution in [2.45, 2.75) is 24.0 Å². The molecular formula is C13H16N6S. The Morgan fingerprint density at radius 1 is 0.750 bits per heavy atom. The van der Waals surface area contributed by atoms with E-state index in [4.69, 9.17) is 12.6 Å². The zero-order valence-electron chi connectivity index (χ0n) is 10.9. The molecule has 0 spiro atoms. The van der Waals surface area contributed by atoms with Crippen LogP contribution in [0.1, 0.15) is 17.5 Å². The van der Waals surface area contributed by atoms with E-state index in [0.29, 0.717) is 19.3 Å². The highest BCUT2D eigenvalue weighted by molar-refractivity contribution is 7.81. The molecule has 3 heterocycles. The van der Waals surface area contributed by atoms with Crippen LogP contribution in [0.3, 0.4) is 0 Å². The van der Waals surface area contributed by atoms with Gasteiger partial charge in [0.25, 0.3) is 0 Å². The summed E-state index contributed by atoms with van der Waals surface area (Å²) in [7, 11) is 0. The summed E-state index contributed by atoms with van der Waals surface area (Å²) in [6.45, 7) is 0. The fourth-order valence-corrected chi connectivity index (χ4v) is 2.76. The first-order valence-electron chi connectivity index (χ1n) is 6.41. The Bertz CT molecular complexity index is 525. The van der Waals surface area contributed by atoms with Gasteiger partial charge < -0.3 is 15.0 Å². The molecule has 0 bridgehead atoms. The summed E-state index contributed by atoms with van der Waals surface area (Å²) in [5.41, 5.74) is 0. The second-order valence-electron chi connectivity index (χ2n) is 4.86. The van der Waals surface area contributed by atoms with Crippen LogP contribution < -0.4 is 0 Å². The van der Waals surface area contributed by atoms with Crippen LogP contribution in [0.15, 0.2) is 37.2 Å². The molecule has 20 heavy (non-hydrogen) atoms. The molecule has 3 aromatic heterocycles. The van der Waals surface area contributed by atoms with Gasteiger partial charge in [0.15, 0.2) is 0 Å². The smallest absolute Gasteiger partial charge is 0.107 e. The van der Waals surface area contributed by atoms with Gasteiger partial charge in [0.2, 0.25) is 0 Å². The third kappa shape index (κ3) is 3.11. The van der Waals surface area contributed by atoms with E-state index in [-0.39, 0.29) is 4.75 Å². The fraction of sp³-hybridized carbons (Fsp3) is 0.308. The van der Waals surface area contributed by atoms with Crippen molar-refractivity contribution in [3.8, 4) is 0 Å². The van der Waals surface area contributed by atoms with Crippen LogP contribution >= 0.6 is 12.6 Å². The van der Waals surface area contributed by atoms with Crippen LogP contribution in [0, 0.1) is 0 Å². The number of hydrogen-bond acceptors (Lipinski definition) is 4. The summed E-state index contributed by atoms with van der Waals surface area (Å²) < 4.78 is -0.312. The maximum atomic E-state index is 4.90. The summed E-state index contributed by atoms with van der Waals surface area (Å²) in [5, 5.41) is 0. The summed E-state index contributed by atoms with van der Waals surface area (Å²) in [6, 6.07) is 0. The van der Waals surface area contributed by atoms with E-state index in [1.807, 2.05) is 18.6 Å². The third-order valence-corrected chi connectivity index (χ3v) is 3.63. The molecule has 6 nitrogen and oxygen atoms in total. The van der Waals surface area contributed by atoms with E-state index in [1.165, 1.54) is 0 Å². The van der Waals surface area contributed by atoms with Crippen molar-refractivity contribution in [2.24, 2.45) is 0 Å². The Balaban J connectivity index is 1.81. The second kappa shape index (κ2) is 5.54. The van der Waals surface area contributed by atoms with Gasteiger partial charge in [-0.25, -0.2) is 15.0 Å². The highest BCUT2D eigenvalue weighted by Crippen LogP contribution is 2.27.